The lowest BCUT2D eigenvalue weighted by Gasteiger charge is -2.35. The Hall–Kier alpha value is -1.61. The van der Waals surface area contributed by atoms with Crippen molar-refractivity contribution in [3.8, 4) is 0 Å². The molecule has 1 aromatic heterocycles. The van der Waals surface area contributed by atoms with E-state index in [9.17, 15) is 0 Å². The van der Waals surface area contributed by atoms with E-state index in [1.165, 1.54) is 5.57 Å². The summed E-state index contributed by atoms with van der Waals surface area (Å²) in [5.41, 5.74) is 4.51. The van der Waals surface area contributed by atoms with E-state index in [2.05, 4.69) is 63.9 Å². The van der Waals surface area contributed by atoms with E-state index in [0.29, 0.717) is 10.9 Å². The molecule has 0 amide bonds. The third-order valence-electron chi connectivity index (χ3n) is 4.71. The number of hydrogen-bond donors (Lipinski definition) is 0. The number of aromatic nitrogens is 3. The van der Waals surface area contributed by atoms with Gasteiger partial charge in [-0.15, -0.1) is 10.2 Å². The van der Waals surface area contributed by atoms with Crippen molar-refractivity contribution in [3.05, 3.63) is 40.9 Å². The van der Waals surface area contributed by atoms with Crippen LogP contribution in [0.15, 0.2) is 35.9 Å². The Balaban J connectivity index is 2.07. The first-order chi connectivity index (χ1) is 11.0. The summed E-state index contributed by atoms with van der Waals surface area (Å²) >= 11 is 6.08. The molecule has 3 nitrogen and oxygen atoms in total. The normalized spacial score (nSPS) is 19.4. The van der Waals surface area contributed by atoms with Crippen LogP contribution in [-0.4, -0.2) is 15.0 Å². The third-order valence-corrected chi connectivity index (χ3v) is 4.94. The van der Waals surface area contributed by atoms with Crippen molar-refractivity contribution >= 4 is 28.3 Å². The molecule has 0 radical (unpaired) electrons. The van der Waals surface area contributed by atoms with Crippen LogP contribution in [0.5, 0.6) is 0 Å². The van der Waals surface area contributed by atoms with E-state index < -0.39 is 0 Å². The van der Waals surface area contributed by atoms with Gasteiger partial charge in [-0.2, -0.15) is 4.80 Å². The number of allylic oxidation sites excluding steroid dienone is 4. The molecule has 0 bridgehead atoms. The first-order valence-electron chi connectivity index (χ1n) is 8.50. The van der Waals surface area contributed by atoms with Gasteiger partial charge in [0.1, 0.15) is 11.0 Å². The molecule has 1 heterocycles. The molecule has 1 aromatic carbocycles. The quantitative estimate of drug-likeness (QED) is 0.639. The monoisotopic (exact) mass is 343 g/mol. The minimum atomic E-state index is 0.102. The van der Waals surface area contributed by atoms with E-state index >= 15 is 0 Å². The third kappa shape index (κ3) is 3.41. The molecule has 0 aliphatic heterocycles. The Labute approximate surface area is 149 Å². The lowest BCUT2D eigenvalue weighted by Crippen LogP contribution is -2.25. The highest BCUT2D eigenvalue weighted by Crippen LogP contribution is 2.41. The van der Waals surface area contributed by atoms with E-state index in [1.807, 2.05) is 18.2 Å². The zero-order valence-electron chi connectivity index (χ0n) is 15.4. The lowest BCUT2D eigenvalue weighted by molar-refractivity contribution is 0.288. The highest BCUT2D eigenvalue weighted by molar-refractivity contribution is 6.31. The number of rotatable bonds is 1. The van der Waals surface area contributed by atoms with Gasteiger partial charge in [0, 0.05) is 5.02 Å². The van der Waals surface area contributed by atoms with Gasteiger partial charge in [0.2, 0.25) is 0 Å². The van der Waals surface area contributed by atoms with E-state index in [4.69, 9.17) is 11.6 Å². The summed E-state index contributed by atoms with van der Waals surface area (Å²) in [7, 11) is 0. The highest BCUT2D eigenvalue weighted by atomic mass is 35.5. The molecule has 0 saturated heterocycles. The largest absolute Gasteiger partial charge is 0.155 e. The van der Waals surface area contributed by atoms with Crippen LogP contribution >= 0.6 is 11.6 Å². The summed E-state index contributed by atoms with van der Waals surface area (Å²) in [6.45, 7) is 13.7. The summed E-state index contributed by atoms with van der Waals surface area (Å²) in [5.74, 6) is 0.462. The molecule has 0 N–H and O–H groups in total. The molecule has 0 spiro atoms. The van der Waals surface area contributed by atoms with Gasteiger partial charge in [-0.1, -0.05) is 59.2 Å². The molecule has 1 aliphatic rings. The van der Waals surface area contributed by atoms with Crippen LogP contribution in [0.4, 0.5) is 0 Å². The summed E-state index contributed by atoms with van der Waals surface area (Å²) in [4.78, 5) is 1.79. The number of fused-ring (bicyclic) bond motifs is 1. The molecule has 1 unspecified atom stereocenters. The zero-order valence-corrected chi connectivity index (χ0v) is 16.1. The second-order valence-corrected chi connectivity index (χ2v) is 9.24. The molecule has 128 valence electrons. The average Bonchev–Trinajstić information content (AvgIpc) is 2.88. The summed E-state index contributed by atoms with van der Waals surface area (Å²) < 4.78 is 0. The van der Waals surface area contributed by atoms with Crippen molar-refractivity contribution in [3.63, 3.8) is 0 Å². The van der Waals surface area contributed by atoms with Crippen LogP contribution in [0.2, 0.25) is 5.02 Å². The van der Waals surface area contributed by atoms with Crippen molar-refractivity contribution in [1.29, 1.82) is 0 Å². The van der Waals surface area contributed by atoms with Gasteiger partial charge in [0.25, 0.3) is 0 Å². The minimum Gasteiger partial charge on any atom is -0.155 e. The van der Waals surface area contributed by atoms with E-state index in [0.717, 1.165) is 23.2 Å². The molecule has 0 saturated carbocycles. The van der Waals surface area contributed by atoms with E-state index in [1.54, 1.807) is 4.80 Å². The van der Waals surface area contributed by atoms with Crippen molar-refractivity contribution in [2.75, 3.05) is 0 Å². The fourth-order valence-electron chi connectivity index (χ4n) is 2.97. The van der Waals surface area contributed by atoms with Gasteiger partial charge in [-0.25, -0.2) is 0 Å². The van der Waals surface area contributed by atoms with Gasteiger partial charge in [0.15, 0.2) is 0 Å². The Morgan fingerprint density at radius 2 is 1.71 bits per heavy atom. The summed E-state index contributed by atoms with van der Waals surface area (Å²) in [6, 6.07) is 5.65. The maximum atomic E-state index is 6.08. The Kier molecular flexibility index (Phi) is 4.11. The van der Waals surface area contributed by atoms with E-state index in [-0.39, 0.29) is 10.8 Å². The maximum absolute atomic E-state index is 6.08. The molecule has 24 heavy (non-hydrogen) atoms. The number of nitrogens with zero attached hydrogens (tertiary/aromatic N) is 3. The standard InChI is InChI=1S/C20H26ClN3/c1-19(2,3)13-9-14(20(4,5)6)11-16(10-13)24-22-17-8-7-15(21)12-18(17)23-24/h7-10,12,14H,11H2,1-6H3. The van der Waals surface area contributed by atoms with Crippen LogP contribution < -0.4 is 0 Å². The van der Waals surface area contributed by atoms with Gasteiger partial charge < -0.3 is 0 Å². The van der Waals surface area contributed by atoms with Crippen molar-refractivity contribution in [2.24, 2.45) is 16.7 Å². The van der Waals surface area contributed by atoms with Gasteiger partial charge in [-0.05, 0) is 53.0 Å². The Morgan fingerprint density at radius 1 is 1.04 bits per heavy atom. The summed E-state index contributed by atoms with van der Waals surface area (Å²) in [5, 5.41) is 10.0. The predicted molar refractivity (Wildman–Crippen MR) is 102 cm³/mol. The molecule has 0 fully saturated rings. The average molecular weight is 344 g/mol. The van der Waals surface area contributed by atoms with Crippen LogP contribution in [0, 0.1) is 16.7 Å². The van der Waals surface area contributed by atoms with Crippen LogP contribution in [0.25, 0.3) is 16.7 Å². The molecular weight excluding hydrogens is 318 g/mol. The second-order valence-electron chi connectivity index (χ2n) is 8.81. The van der Waals surface area contributed by atoms with Gasteiger partial charge in [-0.3, -0.25) is 0 Å². The Bertz CT molecular complexity index is 829. The lowest BCUT2D eigenvalue weighted by atomic mass is 9.71. The van der Waals surface area contributed by atoms with Gasteiger partial charge >= 0.3 is 0 Å². The number of benzene rings is 1. The van der Waals surface area contributed by atoms with Crippen LogP contribution in [-0.2, 0) is 0 Å². The first kappa shape index (κ1) is 17.2. The zero-order chi connectivity index (χ0) is 17.7. The summed E-state index contributed by atoms with van der Waals surface area (Å²) in [6.07, 6.45) is 5.63. The molecule has 4 heteroatoms. The number of halogens is 1. The van der Waals surface area contributed by atoms with Gasteiger partial charge in [0.05, 0.1) is 5.70 Å². The van der Waals surface area contributed by atoms with Crippen LogP contribution in [0.3, 0.4) is 0 Å². The highest BCUT2D eigenvalue weighted by Gasteiger charge is 2.30. The molecule has 3 rings (SSSR count). The molecular formula is C20H26ClN3. The predicted octanol–water partition coefficient (Wildman–Crippen LogP) is 5.96. The molecule has 1 atom stereocenters. The van der Waals surface area contributed by atoms with Crippen molar-refractivity contribution in [2.45, 2.75) is 48.0 Å². The molecule has 1 aliphatic carbocycles. The first-order valence-corrected chi connectivity index (χ1v) is 8.88. The van der Waals surface area contributed by atoms with Crippen molar-refractivity contribution < 1.29 is 0 Å². The smallest absolute Gasteiger partial charge is 0.115 e. The fourth-order valence-corrected chi connectivity index (χ4v) is 3.13. The molecule has 2 aromatic rings. The SMILES string of the molecule is CC(C)(C)C1=CC(C(C)(C)C)CC(n2nc3ccc(Cl)cc3n2)=C1. The van der Waals surface area contributed by atoms with Crippen molar-refractivity contribution in [1.82, 2.24) is 15.0 Å². The maximum Gasteiger partial charge on any atom is 0.115 e. The number of hydrogen-bond acceptors (Lipinski definition) is 2. The topological polar surface area (TPSA) is 30.7 Å². The minimum absolute atomic E-state index is 0.102. The fraction of sp³-hybridized carbons (Fsp3) is 0.500. The second kappa shape index (κ2) is 5.73. The Morgan fingerprint density at radius 3 is 2.33 bits per heavy atom. The van der Waals surface area contributed by atoms with Crippen LogP contribution in [0.1, 0.15) is 48.0 Å².